The molecule has 1 saturated heterocycles. The van der Waals surface area contributed by atoms with Gasteiger partial charge >= 0.3 is 0 Å². The molecule has 2 aromatic heterocycles. The highest BCUT2D eigenvalue weighted by Crippen LogP contribution is 2.26. The predicted octanol–water partition coefficient (Wildman–Crippen LogP) is 3.54. The molecule has 5 rings (SSSR count). The summed E-state index contributed by atoms with van der Waals surface area (Å²) in [6.45, 7) is 3.94. The van der Waals surface area contributed by atoms with Crippen molar-refractivity contribution in [3.8, 4) is 11.3 Å². The number of amides is 1. The van der Waals surface area contributed by atoms with Gasteiger partial charge < -0.3 is 21.3 Å². The van der Waals surface area contributed by atoms with E-state index in [0.717, 1.165) is 48.2 Å². The molecule has 7 nitrogen and oxygen atoms in total. The number of nitrogens with two attached hydrogens (primary N) is 1. The molecule has 2 aromatic carbocycles. The minimum absolute atomic E-state index is 0.310. The molecule has 1 aliphatic rings. The quantitative estimate of drug-likeness (QED) is 0.464. The number of nitrogens with one attached hydrogen (secondary N) is 2. The molecule has 0 atom stereocenters. The van der Waals surface area contributed by atoms with Gasteiger partial charge in [0.25, 0.3) is 5.91 Å². The van der Waals surface area contributed by atoms with Gasteiger partial charge in [-0.1, -0.05) is 36.4 Å². The highest BCUT2D eigenvalue weighted by atomic mass is 16.1. The highest BCUT2D eigenvalue weighted by Gasteiger charge is 2.14. The molecule has 1 fully saturated rings. The molecular weight excluding hydrogens is 400 g/mol. The molecule has 0 bridgehead atoms. The summed E-state index contributed by atoms with van der Waals surface area (Å²) in [6, 6.07) is 19.6. The molecule has 0 unspecified atom stereocenters. The summed E-state index contributed by atoms with van der Waals surface area (Å²) in [5.41, 5.74) is 10.2. The van der Waals surface area contributed by atoms with Crippen LogP contribution in [0.15, 0.2) is 73.1 Å². The molecule has 1 aliphatic heterocycles. The summed E-state index contributed by atoms with van der Waals surface area (Å²) in [4.78, 5) is 24.0. The maximum absolute atomic E-state index is 12.9. The maximum Gasteiger partial charge on any atom is 0.274 e. The van der Waals surface area contributed by atoms with E-state index in [4.69, 9.17) is 5.73 Å². The third-order valence-electron chi connectivity index (χ3n) is 5.67. The number of carbonyl (C=O) groups excluding carboxylic acids is 1. The molecule has 0 aliphatic carbocycles. The molecule has 160 valence electrons. The van der Waals surface area contributed by atoms with Crippen molar-refractivity contribution in [2.45, 2.75) is 0 Å². The minimum Gasteiger partial charge on any atom is -0.396 e. The first-order valence-electron chi connectivity index (χ1n) is 10.7. The lowest BCUT2D eigenvalue weighted by atomic mass is 10.1. The zero-order chi connectivity index (χ0) is 21.9. The van der Waals surface area contributed by atoms with E-state index in [1.54, 1.807) is 18.5 Å². The molecule has 0 radical (unpaired) electrons. The Kier molecular flexibility index (Phi) is 5.39. The number of pyridine rings is 2. The molecule has 1 amide bonds. The third-order valence-corrected chi connectivity index (χ3v) is 5.67. The first kappa shape index (κ1) is 20.0. The Morgan fingerprint density at radius 3 is 2.56 bits per heavy atom. The number of benzene rings is 2. The van der Waals surface area contributed by atoms with Crippen molar-refractivity contribution in [1.82, 2.24) is 15.3 Å². The van der Waals surface area contributed by atoms with Gasteiger partial charge in [0.05, 0.1) is 23.3 Å². The zero-order valence-electron chi connectivity index (χ0n) is 17.6. The minimum atomic E-state index is -0.310. The van der Waals surface area contributed by atoms with Gasteiger partial charge in [-0.3, -0.25) is 14.8 Å². The van der Waals surface area contributed by atoms with Gasteiger partial charge in [-0.2, -0.15) is 0 Å². The standard InChI is InChI=1S/C25H24N6O/c26-21-16-29-22(17-4-2-1-3-5-17)14-23(21)30-25(32)24-13-18-6-7-20(12-19(18)15-28-24)31-10-8-27-9-11-31/h1-7,12-16,27H,8-11,26H2,(H,29,30,32). The van der Waals surface area contributed by atoms with Gasteiger partial charge in [0, 0.05) is 49.0 Å². The Bertz CT molecular complexity index is 1270. The summed E-state index contributed by atoms with van der Waals surface area (Å²) in [5, 5.41) is 8.23. The van der Waals surface area contributed by atoms with Crippen LogP contribution in [-0.2, 0) is 0 Å². The molecule has 3 heterocycles. The lowest BCUT2D eigenvalue weighted by Crippen LogP contribution is -2.43. The lowest BCUT2D eigenvalue weighted by Gasteiger charge is -2.29. The van der Waals surface area contributed by atoms with Crippen molar-refractivity contribution in [3.05, 3.63) is 78.8 Å². The Labute approximate surface area is 186 Å². The predicted molar refractivity (Wildman–Crippen MR) is 129 cm³/mol. The van der Waals surface area contributed by atoms with E-state index in [1.807, 2.05) is 42.5 Å². The van der Waals surface area contributed by atoms with Crippen LogP contribution >= 0.6 is 0 Å². The average molecular weight is 425 g/mol. The van der Waals surface area contributed by atoms with Gasteiger partial charge in [0.2, 0.25) is 0 Å². The van der Waals surface area contributed by atoms with Crippen LogP contribution in [0.1, 0.15) is 10.5 Å². The fourth-order valence-corrected chi connectivity index (χ4v) is 3.90. The normalized spacial score (nSPS) is 13.8. The van der Waals surface area contributed by atoms with Crippen LogP contribution in [0.5, 0.6) is 0 Å². The number of aromatic nitrogens is 2. The van der Waals surface area contributed by atoms with Crippen molar-refractivity contribution < 1.29 is 4.79 Å². The Hall–Kier alpha value is -3.97. The van der Waals surface area contributed by atoms with E-state index < -0.39 is 0 Å². The largest absolute Gasteiger partial charge is 0.396 e. The van der Waals surface area contributed by atoms with Crippen LogP contribution in [0.2, 0.25) is 0 Å². The van der Waals surface area contributed by atoms with Gasteiger partial charge in [0.15, 0.2) is 0 Å². The first-order valence-corrected chi connectivity index (χ1v) is 10.7. The van der Waals surface area contributed by atoms with E-state index in [-0.39, 0.29) is 5.91 Å². The molecule has 0 spiro atoms. The molecular formula is C25H24N6O. The van der Waals surface area contributed by atoms with Crippen molar-refractivity contribution >= 4 is 33.7 Å². The SMILES string of the molecule is Nc1cnc(-c2ccccc2)cc1NC(=O)c1cc2ccc(N3CCNCC3)cc2cn1. The Morgan fingerprint density at radius 1 is 0.938 bits per heavy atom. The van der Waals surface area contributed by atoms with Crippen molar-refractivity contribution in [2.24, 2.45) is 0 Å². The van der Waals surface area contributed by atoms with Gasteiger partial charge in [-0.25, -0.2) is 0 Å². The molecule has 0 saturated carbocycles. The average Bonchev–Trinajstić information content (AvgIpc) is 2.85. The number of anilines is 3. The van der Waals surface area contributed by atoms with E-state index >= 15 is 0 Å². The second-order valence-corrected chi connectivity index (χ2v) is 7.81. The topological polar surface area (TPSA) is 96.2 Å². The van der Waals surface area contributed by atoms with Crippen molar-refractivity contribution in [3.63, 3.8) is 0 Å². The van der Waals surface area contributed by atoms with Crippen LogP contribution in [0, 0.1) is 0 Å². The van der Waals surface area contributed by atoms with Crippen LogP contribution in [0.4, 0.5) is 17.1 Å². The second kappa shape index (κ2) is 8.64. The Balaban J connectivity index is 1.38. The smallest absolute Gasteiger partial charge is 0.274 e. The number of hydrogen-bond donors (Lipinski definition) is 3. The molecule has 4 aromatic rings. The lowest BCUT2D eigenvalue weighted by molar-refractivity contribution is 0.102. The van der Waals surface area contributed by atoms with Gasteiger partial charge in [-0.15, -0.1) is 0 Å². The second-order valence-electron chi connectivity index (χ2n) is 7.81. The summed E-state index contributed by atoms with van der Waals surface area (Å²) in [5.74, 6) is -0.310. The fourth-order valence-electron chi connectivity index (χ4n) is 3.90. The van der Waals surface area contributed by atoms with E-state index in [0.29, 0.717) is 17.1 Å². The van der Waals surface area contributed by atoms with Crippen molar-refractivity contribution in [1.29, 1.82) is 0 Å². The summed E-state index contributed by atoms with van der Waals surface area (Å²) >= 11 is 0. The van der Waals surface area contributed by atoms with Crippen LogP contribution in [0.3, 0.4) is 0 Å². The monoisotopic (exact) mass is 424 g/mol. The van der Waals surface area contributed by atoms with Crippen LogP contribution in [-0.4, -0.2) is 42.1 Å². The van der Waals surface area contributed by atoms with Crippen molar-refractivity contribution in [2.75, 3.05) is 42.1 Å². The number of nitrogen functional groups attached to an aromatic ring is 1. The Morgan fingerprint density at radius 2 is 1.75 bits per heavy atom. The number of hydrogen-bond acceptors (Lipinski definition) is 6. The summed E-state index contributed by atoms with van der Waals surface area (Å²) in [6.07, 6.45) is 3.31. The molecule has 7 heteroatoms. The summed E-state index contributed by atoms with van der Waals surface area (Å²) < 4.78 is 0. The van der Waals surface area contributed by atoms with Gasteiger partial charge in [0.1, 0.15) is 5.69 Å². The van der Waals surface area contributed by atoms with E-state index in [1.165, 1.54) is 5.69 Å². The third kappa shape index (κ3) is 4.10. The number of piperazine rings is 1. The van der Waals surface area contributed by atoms with E-state index in [2.05, 4.69) is 37.6 Å². The number of carbonyl (C=O) groups is 1. The summed E-state index contributed by atoms with van der Waals surface area (Å²) in [7, 11) is 0. The van der Waals surface area contributed by atoms with Crippen LogP contribution < -0.4 is 21.3 Å². The number of rotatable bonds is 4. The maximum atomic E-state index is 12.9. The molecule has 32 heavy (non-hydrogen) atoms. The number of fused-ring (bicyclic) bond motifs is 1. The first-order chi connectivity index (χ1) is 15.7. The van der Waals surface area contributed by atoms with E-state index in [9.17, 15) is 4.79 Å². The highest BCUT2D eigenvalue weighted by molar-refractivity contribution is 6.06. The molecule has 4 N–H and O–H groups in total. The zero-order valence-corrected chi connectivity index (χ0v) is 17.6. The van der Waals surface area contributed by atoms with Gasteiger partial charge in [-0.05, 0) is 29.7 Å². The van der Waals surface area contributed by atoms with Crippen LogP contribution in [0.25, 0.3) is 22.0 Å². The fraction of sp³-hybridized carbons (Fsp3) is 0.160. The number of nitrogens with zero attached hydrogens (tertiary/aromatic N) is 3.